The van der Waals surface area contributed by atoms with Crippen molar-refractivity contribution in [2.24, 2.45) is 0 Å². The minimum absolute atomic E-state index is 0.0525. The van der Waals surface area contributed by atoms with Crippen LogP contribution in [0.1, 0.15) is 11.0 Å². The van der Waals surface area contributed by atoms with E-state index in [1.165, 1.54) is 4.57 Å². The van der Waals surface area contributed by atoms with Gasteiger partial charge in [0.25, 0.3) is 0 Å². The summed E-state index contributed by atoms with van der Waals surface area (Å²) in [5, 5.41) is 4.22. The lowest BCUT2D eigenvalue weighted by Gasteiger charge is -2.11. The first kappa shape index (κ1) is 14.6. The second-order valence-corrected chi connectivity index (χ2v) is 9.59. The number of furan rings is 1. The number of nitrogens with zero attached hydrogens (tertiary/aromatic N) is 2. The van der Waals surface area contributed by atoms with Gasteiger partial charge in [0.15, 0.2) is 5.58 Å². The van der Waals surface area contributed by atoms with Crippen molar-refractivity contribution in [3.05, 3.63) is 133 Å². The molecule has 0 aliphatic heterocycles. The maximum atomic E-state index is 8.81. The van der Waals surface area contributed by atoms with Crippen LogP contribution in [0.15, 0.2) is 138 Å². The van der Waals surface area contributed by atoms with E-state index in [1.54, 1.807) is 12.1 Å². The normalized spacial score (nSPS) is 15.0. The Balaban J connectivity index is 1.36. The Bertz CT molecular complexity index is 2750. The van der Waals surface area contributed by atoms with Crippen molar-refractivity contribution in [1.82, 2.24) is 9.13 Å². The number of rotatable bonds is 2. The molecule has 3 nitrogen and oxygen atoms in total. The summed E-state index contributed by atoms with van der Waals surface area (Å²) in [5.74, 6) is 0. The van der Waals surface area contributed by atoms with Gasteiger partial charge in [-0.15, -0.1) is 0 Å². The maximum Gasteiger partial charge on any atom is 0.160 e. The fourth-order valence-corrected chi connectivity index (χ4v) is 5.93. The fraction of sp³-hybridized carbons (Fsp3) is 0. The maximum absolute atomic E-state index is 8.81. The molecular formula is C36H22N2O. The average molecular weight is 507 g/mol. The largest absolute Gasteiger partial charge is 0.454 e. The molecule has 3 heterocycles. The molecule has 0 saturated heterocycles. The summed E-state index contributed by atoms with van der Waals surface area (Å²) in [4.78, 5) is 0. The van der Waals surface area contributed by atoms with E-state index >= 15 is 0 Å². The minimum atomic E-state index is -0.465. The summed E-state index contributed by atoms with van der Waals surface area (Å²) >= 11 is 0. The molecule has 0 aliphatic rings. The van der Waals surface area contributed by atoms with Crippen LogP contribution in [0.5, 0.6) is 0 Å². The van der Waals surface area contributed by atoms with Crippen LogP contribution in [0.25, 0.3) is 76.9 Å². The van der Waals surface area contributed by atoms with Crippen LogP contribution in [-0.4, -0.2) is 9.13 Å². The second-order valence-electron chi connectivity index (χ2n) is 9.59. The van der Waals surface area contributed by atoms with Crippen LogP contribution in [0, 0.1) is 0 Å². The van der Waals surface area contributed by atoms with Gasteiger partial charge in [0, 0.05) is 43.7 Å². The predicted molar refractivity (Wildman–Crippen MR) is 162 cm³/mol. The molecule has 0 fully saturated rings. The molecule has 6 aromatic carbocycles. The van der Waals surface area contributed by atoms with Crippen molar-refractivity contribution in [3.63, 3.8) is 0 Å². The molecule has 0 N–H and O–H groups in total. The van der Waals surface area contributed by atoms with E-state index < -0.39 is 24.2 Å². The van der Waals surface area contributed by atoms with E-state index in [0.29, 0.717) is 5.69 Å². The standard InChI is InChI=1S/C36H22N2O/c1-5-13-31-25(9-1)26-10-2-6-14-32(26)37(31)23-17-19-24(20-18-23)38-33-15-7-3-11-27(33)29-21-22-30-28-12-4-8-16-34(28)39-36(30)35(29)38/h1-22H/i1D,2D,5D,6D,9D,10D,13D,14D. The zero-order valence-corrected chi connectivity index (χ0v) is 20.4. The number of benzene rings is 6. The molecule has 0 aliphatic carbocycles. The van der Waals surface area contributed by atoms with Crippen molar-refractivity contribution in [3.8, 4) is 11.4 Å². The topological polar surface area (TPSA) is 23.0 Å². The molecule has 9 aromatic rings. The van der Waals surface area contributed by atoms with E-state index in [-0.39, 0.29) is 46.0 Å². The lowest BCUT2D eigenvalue weighted by molar-refractivity contribution is 0.671. The molecule has 3 aromatic heterocycles. The van der Waals surface area contributed by atoms with Gasteiger partial charge in [-0.25, -0.2) is 0 Å². The number of hydrogen-bond donors (Lipinski definition) is 0. The van der Waals surface area contributed by atoms with Gasteiger partial charge in [0.2, 0.25) is 0 Å². The van der Waals surface area contributed by atoms with Crippen LogP contribution in [0.2, 0.25) is 0 Å². The first-order valence-corrected chi connectivity index (χ1v) is 12.6. The van der Waals surface area contributed by atoms with E-state index in [4.69, 9.17) is 15.4 Å². The van der Waals surface area contributed by atoms with Gasteiger partial charge in [0.05, 0.1) is 33.0 Å². The highest BCUT2D eigenvalue weighted by Crippen LogP contribution is 2.40. The van der Waals surface area contributed by atoms with Gasteiger partial charge in [-0.1, -0.05) is 78.7 Å². The molecule has 0 amide bonds. The van der Waals surface area contributed by atoms with Gasteiger partial charge in [0.1, 0.15) is 5.58 Å². The van der Waals surface area contributed by atoms with E-state index in [2.05, 4.69) is 28.8 Å². The molecule has 0 saturated carbocycles. The van der Waals surface area contributed by atoms with Crippen molar-refractivity contribution in [2.45, 2.75) is 0 Å². The molecule has 0 atom stereocenters. The Labute approximate surface area is 235 Å². The molecule has 0 spiro atoms. The zero-order valence-electron chi connectivity index (χ0n) is 28.4. The molecular weight excluding hydrogens is 476 g/mol. The summed E-state index contributed by atoms with van der Waals surface area (Å²) in [6.07, 6.45) is 0. The van der Waals surface area contributed by atoms with Gasteiger partial charge in [-0.3, -0.25) is 0 Å². The van der Waals surface area contributed by atoms with Crippen LogP contribution >= 0.6 is 0 Å². The highest BCUT2D eigenvalue weighted by Gasteiger charge is 2.19. The average Bonchev–Trinajstić information content (AvgIpc) is 3.76. The van der Waals surface area contributed by atoms with Crippen molar-refractivity contribution < 1.29 is 15.4 Å². The molecule has 39 heavy (non-hydrogen) atoms. The van der Waals surface area contributed by atoms with Crippen LogP contribution in [0.4, 0.5) is 0 Å². The van der Waals surface area contributed by atoms with E-state index in [9.17, 15) is 0 Å². The van der Waals surface area contributed by atoms with Gasteiger partial charge in [-0.05, 0) is 54.5 Å². The summed E-state index contributed by atoms with van der Waals surface area (Å²) in [5.41, 5.74) is 4.92. The van der Waals surface area contributed by atoms with E-state index in [0.717, 1.165) is 49.4 Å². The van der Waals surface area contributed by atoms with Crippen molar-refractivity contribution in [2.75, 3.05) is 0 Å². The number of aromatic nitrogens is 2. The first-order valence-electron chi connectivity index (χ1n) is 16.6. The summed E-state index contributed by atoms with van der Waals surface area (Å²) < 4.78 is 78.5. The molecule has 0 bridgehead atoms. The highest BCUT2D eigenvalue weighted by atomic mass is 16.3. The third-order valence-electron chi connectivity index (χ3n) is 7.58. The number of fused-ring (bicyclic) bond motifs is 10. The molecule has 3 heteroatoms. The smallest absolute Gasteiger partial charge is 0.160 e. The summed E-state index contributed by atoms with van der Waals surface area (Å²) in [6, 6.07) is 24.5. The Morgan fingerprint density at radius 1 is 0.462 bits per heavy atom. The number of para-hydroxylation sites is 4. The first-order chi connectivity index (χ1) is 22.7. The molecule has 0 unspecified atom stereocenters. The van der Waals surface area contributed by atoms with Gasteiger partial charge < -0.3 is 13.6 Å². The number of hydrogen-bond acceptors (Lipinski definition) is 1. The SMILES string of the molecule is [2H]c1c([2H])c([2H])c2c(c1[2H])c1c([2H])c([2H])c([2H])c([2H])c1n2-c1ccc(-n2c3ccccc3c3ccc4c5ccccc5oc4c32)cc1. The monoisotopic (exact) mass is 506 g/mol. The Morgan fingerprint density at radius 3 is 1.79 bits per heavy atom. The van der Waals surface area contributed by atoms with Crippen molar-refractivity contribution >= 4 is 65.6 Å². The minimum Gasteiger partial charge on any atom is -0.454 e. The quantitative estimate of drug-likeness (QED) is 0.229. The molecule has 182 valence electrons. The molecule has 9 rings (SSSR count). The second kappa shape index (κ2) is 7.62. The van der Waals surface area contributed by atoms with Crippen LogP contribution in [0.3, 0.4) is 0 Å². The third-order valence-corrected chi connectivity index (χ3v) is 7.58. The molecule has 0 radical (unpaired) electrons. The zero-order chi connectivity index (χ0) is 32.5. The lowest BCUT2D eigenvalue weighted by Crippen LogP contribution is -1.97. The predicted octanol–water partition coefficient (Wildman–Crippen LogP) is 9.78. The van der Waals surface area contributed by atoms with Crippen LogP contribution < -0.4 is 0 Å². The Hall–Kier alpha value is -5.28. The highest BCUT2D eigenvalue weighted by molar-refractivity contribution is 6.21. The fourth-order valence-electron chi connectivity index (χ4n) is 5.93. The Kier molecular flexibility index (Phi) is 2.85. The summed E-state index contributed by atoms with van der Waals surface area (Å²) in [7, 11) is 0. The van der Waals surface area contributed by atoms with Gasteiger partial charge in [-0.2, -0.15) is 0 Å². The summed E-state index contributed by atoms with van der Waals surface area (Å²) in [6.45, 7) is 0. The van der Waals surface area contributed by atoms with Crippen LogP contribution in [-0.2, 0) is 0 Å². The lowest BCUT2D eigenvalue weighted by atomic mass is 10.1. The van der Waals surface area contributed by atoms with E-state index in [1.807, 2.05) is 48.5 Å². The third kappa shape index (κ3) is 2.76. The van der Waals surface area contributed by atoms with Gasteiger partial charge >= 0.3 is 0 Å². The Morgan fingerprint density at radius 2 is 1.05 bits per heavy atom. The van der Waals surface area contributed by atoms with Crippen molar-refractivity contribution in [1.29, 1.82) is 0 Å².